The minimum absolute atomic E-state index is 0.0343. The van der Waals surface area contributed by atoms with E-state index >= 15 is 0 Å². The van der Waals surface area contributed by atoms with Gasteiger partial charge in [0.05, 0.1) is 0 Å². The molecular formula is C27H27NO4. The van der Waals surface area contributed by atoms with Crippen LogP contribution in [0.1, 0.15) is 37.3 Å². The van der Waals surface area contributed by atoms with Gasteiger partial charge in [-0.2, -0.15) is 0 Å². The average Bonchev–Trinajstić information content (AvgIpc) is 3.11. The van der Waals surface area contributed by atoms with Crippen molar-refractivity contribution >= 4 is 12.1 Å². The molecule has 4 rings (SSSR count). The highest BCUT2D eigenvalue weighted by Gasteiger charge is 2.30. The summed E-state index contributed by atoms with van der Waals surface area (Å²) in [7, 11) is 0. The van der Waals surface area contributed by atoms with Crippen LogP contribution >= 0.6 is 0 Å². The van der Waals surface area contributed by atoms with Crippen LogP contribution < -0.4 is 10.1 Å². The normalized spacial score (nSPS) is 13.2. The number of esters is 1. The third-order valence-electron chi connectivity index (χ3n) is 5.59. The summed E-state index contributed by atoms with van der Waals surface area (Å²) in [5.74, 6) is 0.101. The number of hydrogen-bond donors (Lipinski definition) is 1. The number of hydrogen-bond acceptors (Lipinski definition) is 4. The number of benzene rings is 3. The molecule has 0 spiro atoms. The van der Waals surface area contributed by atoms with E-state index in [1.165, 1.54) is 11.1 Å². The van der Waals surface area contributed by atoms with Crippen LogP contribution in [0.2, 0.25) is 0 Å². The molecule has 0 unspecified atom stereocenters. The second-order valence-corrected chi connectivity index (χ2v) is 8.39. The van der Waals surface area contributed by atoms with Gasteiger partial charge in [-0.25, -0.2) is 9.59 Å². The third-order valence-corrected chi connectivity index (χ3v) is 5.59. The van der Waals surface area contributed by atoms with Crippen molar-refractivity contribution in [3.63, 3.8) is 0 Å². The molecule has 1 N–H and O–H groups in total. The van der Waals surface area contributed by atoms with E-state index in [9.17, 15) is 9.59 Å². The molecule has 0 fully saturated rings. The van der Waals surface area contributed by atoms with Crippen LogP contribution in [0, 0.1) is 5.92 Å². The van der Waals surface area contributed by atoms with Crippen LogP contribution in [0.15, 0.2) is 78.9 Å². The van der Waals surface area contributed by atoms with Crippen LogP contribution in [0.4, 0.5) is 4.79 Å². The summed E-state index contributed by atoms with van der Waals surface area (Å²) in [6, 6.07) is 24.4. The fraction of sp³-hybridized carbons (Fsp3) is 0.259. The van der Waals surface area contributed by atoms with Gasteiger partial charge in [0.1, 0.15) is 18.4 Å². The zero-order valence-corrected chi connectivity index (χ0v) is 18.3. The summed E-state index contributed by atoms with van der Waals surface area (Å²) in [6.07, 6.45) is -0.168. The first-order valence-corrected chi connectivity index (χ1v) is 10.9. The zero-order chi connectivity index (χ0) is 22.5. The number of carbonyl (C=O) groups is 2. The van der Waals surface area contributed by atoms with E-state index in [0.717, 1.165) is 11.1 Å². The Kier molecular flexibility index (Phi) is 6.55. The van der Waals surface area contributed by atoms with Crippen LogP contribution in [0.3, 0.4) is 0 Å². The predicted molar refractivity (Wildman–Crippen MR) is 124 cm³/mol. The van der Waals surface area contributed by atoms with Crippen molar-refractivity contribution < 1.29 is 19.1 Å². The van der Waals surface area contributed by atoms with Gasteiger partial charge in [0.25, 0.3) is 0 Å². The van der Waals surface area contributed by atoms with Crippen LogP contribution in [0.5, 0.6) is 5.75 Å². The molecule has 1 atom stereocenters. The maximum atomic E-state index is 12.7. The molecule has 0 saturated carbocycles. The van der Waals surface area contributed by atoms with Gasteiger partial charge in [-0.1, -0.05) is 80.6 Å². The quantitative estimate of drug-likeness (QED) is 0.395. The van der Waals surface area contributed by atoms with Crippen molar-refractivity contribution in [1.82, 2.24) is 5.32 Å². The maximum absolute atomic E-state index is 12.7. The summed E-state index contributed by atoms with van der Waals surface area (Å²) in [5, 5.41) is 2.70. The molecule has 0 saturated heterocycles. The lowest BCUT2D eigenvalue weighted by atomic mass is 9.98. The number of amides is 1. The van der Waals surface area contributed by atoms with Gasteiger partial charge in [-0.05, 0) is 46.7 Å². The highest BCUT2D eigenvalue weighted by molar-refractivity contribution is 5.83. The number of para-hydroxylation sites is 1. The Morgan fingerprint density at radius 3 is 2.00 bits per heavy atom. The number of alkyl carbamates (subject to hydrolysis) is 1. The SMILES string of the molecule is CC(C)C[C@@H](NC(=O)OCC1c2ccccc2-c2ccccc21)C(=O)Oc1ccccc1. The van der Waals surface area contributed by atoms with E-state index < -0.39 is 18.1 Å². The standard InChI is InChI=1S/C27H27NO4/c1-18(2)16-25(26(29)32-19-10-4-3-5-11-19)28-27(30)31-17-24-22-14-8-6-12-20(22)21-13-7-9-15-23(21)24/h3-15,18,24-25H,16-17H2,1-2H3,(H,28,30)/t25-/m1/s1. The van der Waals surface area contributed by atoms with Crippen molar-refractivity contribution in [2.24, 2.45) is 5.92 Å². The van der Waals surface area contributed by atoms with Gasteiger partial charge in [-0.15, -0.1) is 0 Å². The number of rotatable bonds is 7. The van der Waals surface area contributed by atoms with Crippen molar-refractivity contribution in [3.05, 3.63) is 90.0 Å². The highest BCUT2D eigenvalue weighted by Crippen LogP contribution is 2.44. The first kappa shape index (κ1) is 21.6. The van der Waals surface area contributed by atoms with Gasteiger partial charge in [0, 0.05) is 5.92 Å². The minimum Gasteiger partial charge on any atom is -0.449 e. The summed E-state index contributed by atoms with van der Waals surface area (Å²) in [4.78, 5) is 25.3. The molecule has 5 heteroatoms. The Hall–Kier alpha value is -3.60. The maximum Gasteiger partial charge on any atom is 0.407 e. The zero-order valence-electron chi connectivity index (χ0n) is 18.3. The number of ether oxygens (including phenoxy) is 2. The smallest absolute Gasteiger partial charge is 0.407 e. The summed E-state index contributed by atoms with van der Waals surface area (Å²) >= 11 is 0. The summed E-state index contributed by atoms with van der Waals surface area (Å²) in [5.41, 5.74) is 4.62. The van der Waals surface area contributed by atoms with Crippen molar-refractivity contribution in [2.75, 3.05) is 6.61 Å². The molecule has 1 aliphatic carbocycles. The van der Waals surface area contributed by atoms with E-state index in [1.54, 1.807) is 24.3 Å². The Morgan fingerprint density at radius 2 is 1.41 bits per heavy atom. The first-order valence-electron chi connectivity index (χ1n) is 10.9. The fourth-order valence-corrected chi connectivity index (χ4v) is 4.14. The highest BCUT2D eigenvalue weighted by atomic mass is 16.6. The van der Waals surface area contributed by atoms with E-state index in [4.69, 9.17) is 9.47 Å². The van der Waals surface area contributed by atoms with Gasteiger partial charge in [-0.3, -0.25) is 0 Å². The molecule has 1 amide bonds. The fourth-order valence-electron chi connectivity index (χ4n) is 4.14. The van der Waals surface area contributed by atoms with Gasteiger partial charge < -0.3 is 14.8 Å². The molecule has 0 bridgehead atoms. The third kappa shape index (κ3) is 4.83. The first-order chi connectivity index (χ1) is 15.5. The predicted octanol–water partition coefficient (Wildman–Crippen LogP) is 5.55. The van der Waals surface area contributed by atoms with E-state index in [0.29, 0.717) is 12.2 Å². The molecule has 164 valence electrons. The molecule has 0 heterocycles. The second-order valence-electron chi connectivity index (χ2n) is 8.39. The number of carbonyl (C=O) groups excluding carboxylic acids is 2. The van der Waals surface area contributed by atoms with Crippen LogP contribution in [-0.4, -0.2) is 24.7 Å². The number of nitrogens with one attached hydrogen (secondary N) is 1. The summed E-state index contributed by atoms with van der Waals surface area (Å²) in [6.45, 7) is 4.17. The Morgan fingerprint density at radius 1 is 0.844 bits per heavy atom. The Labute approximate surface area is 188 Å². The monoisotopic (exact) mass is 429 g/mol. The largest absolute Gasteiger partial charge is 0.449 e. The lowest BCUT2D eigenvalue weighted by Gasteiger charge is -2.20. The van der Waals surface area contributed by atoms with Crippen LogP contribution in [0.25, 0.3) is 11.1 Å². The van der Waals surface area contributed by atoms with Crippen molar-refractivity contribution in [2.45, 2.75) is 32.2 Å². The molecular weight excluding hydrogens is 402 g/mol. The molecule has 3 aromatic rings. The van der Waals surface area contributed by atoms with Crippen LogP contribution in [-0.2, 0) is 9.53 Å². The lowest BCUT2D eigenvalue weighted by molar-refractivity contribution is -0.137. The molecule has 0 radical (unpaired) electrons. The molecule has 32 heavy (non-hydrogen) atoms. The van der Waals surface area contributed by atoms with E-state index in [-0.39, 0.29) is 18.4 Å². The molecule has 0 aromatic heterocycles. The Bertz CT molecular complexity index is 1050. The average molecular weight is 430 g/mol. The lowest BCUT2D eigenvalue weighted by Crippen LogP contribution is -2.44. The van der Waals surface area contributed by atoms with Gasteiger partial charge >= 0.3 is 12.1 Å². The molecule has 0 aliphatic heterocycles. The molecule has 1 aliphatic rings. The topological polar surface area (TPSA) is 64.6 Å². The van der Waals surface area contributed by atoms with E-state index in [2.05, 4.69) is 29.6 Å². The minimum atomic E-state index is -0.786. The van der Waals surface area contributed by atoms with Gasteiger partial charge in [0.2, 0.25) is 0 Å². The second kappa shape index (κ2) is 9.69. The molecule has 5 nitrogen and oxygen atoms in total. The van der Waals surface area contributed by atoms with Crippen molar-refractivity contribution in [1.29, 1.82) is 0 Å². The molecule has 3 aromatic carbocycles. The van der Waals surface area contributed by atoms with E-state index in [1.807, 2.05) is 44.2 Å². The summed E-state index contributed by atoms with van der Waals surface area (Å²) < 4.78 is 11.0. The number of fused-ring (bicyclic) bond motifs is 3. The Balaban J connectivity index is 1.42. The van der Waals surface area contributed by atoms with Gasteiger partial charge in [0.15, 0.2) is 0 Å². The van der Waals surface area contributed by atoms with Crippen molar-refractivity contribution in [3.8, 4) is 16.9 Å².